The molecule has 112 valence electrons. The van der Waals surface area contributed by atoms with Crippen LogP contribution in [0.1, 0.15) is 17.7 Å². The Morgan fingerprint density at radius 1 is 1.29 bits per heavy atom. The van der Waals surface area contributed by atoms with Crippen molar-refractivity contribution in [2.75, 3.05) is 5.32 Å². The third-order valence-corrected chi connectivity index (χ3v) is 6.43. The number of para-hydroxylation sites is 1. The van der Waals surface area contributed by atoms with Crippen molar-refractivity contribution in [3.05, 3.63) is 45.1 Å². The zero-order valence-corrected chi connectivity index (χ0v) is 14.4. The summed E-state index contributed by atoms with van der Waals surface area (Å²) in [5, 5.41) is 5.22. The molecule has 0 unspecified atom stereocenters. The number of hydrogen-bond acceptors (Lipinski definition) is 4. The molecule has 1 fully saturated rings. The summed E-state index contributed by atoms with van der Waals surface area (Å²) in [5.41, 5.74) is 0.634. The highest BCUT2D eigenvalue weighted by Crippen LogP contribution is 2.27. The van der Waals surface area contributed by atoms with E-state index in [1.807, 2.05) is 17.5 Å². The number of sulfonamides is 1. The van der Waals surface area contributed by atoms with E-state index >= 15 is 0 Å². The van der Waals surface area contributed by atoms with Crippen molar-refractivity contribution in [2.24, 2.45) is 0 Å². The van der Waals surface area contributed by atoms with E-state index in [2.05, 4.69) is 26.0 Å². The molecule has 0 radical (unpaired) electrons. The number of rotatable bonds is 6. The Bertz CT molecular complexity index is 739. The Morgan fingerprint density at radius 3 is 2.71 bits per heavy atom. The number of anilines is 1. The van der Waals surface area contributed by atoms with E-state index in [-0.39, 0.29) is 6.04 Å². The van der Waals surface area contributed by atoms with Crippen LogP contribution in [0.4, 0.5) is 5.69 Å². The van der Waals surface area contributed by atoms with Crippen LogP contribution in [0, 0.1) is 0 Å². The van der Waals surface area contributed by atoms with Crippen LogP contribution in [-0.4, -0.2) is 14.5 Å². The van der Waals surface area contributed by atoms with E-state index in [4.69, 9.17) is 0 Å². The van der Waals surface area contributed by atoms with Gasteiger partial charge in [-0.05, 0) is 47.0 Å². The van der Waals surface area contributed by atoms with Crippen LogP contribution in [0.3, 0.4) is 0 Å². The SMILES string of the molecule is O=S(=O)(NC1CC1)c1ccccc1NCc1cc(Br)cs1. The van der Waals surface area contributed by atoms with Crippen molar-refractivity contribution in [1.29, 1.82) is 0 Å². The van der Waals surface area contributed by atoms with Gasteiger partial charge in [0.2, 0.25) is 10.0 Å². The standard InChI is InChI=1S/C14H15BrN2O2S2/c15-10-7-12(20-9-10)8-16-13-3-1-2-4-14(13)21(18,19)17-11-5-6-11/h1-4,7,9,11,16-17H,5-6,8H2. The maximum absolute atomic E-state index is 12.4. The molecule has 1 aromatic heterocycles. The van der Waals surface area contributed by atoms with E-state index in [0.29, 0.717) is 17.1 Å². The van der Waals surface area contributed by atoms with E-state index in [9.17, 15) is 8.42 Å². The minimum Gasteiger partial charge on any atom is -0.379 e. The molecule has 3 rings (SSSR count). The van der Waals surface area contributed by atoms with Gasteiger partial charge in [-0.25, -0.2) is 13.1 Å². The van der Waals surface area contributed by atoms with Gasteiger partial charge in [0.1, 0.15) is 4.90 Å². The molecular weight excluding hydrogens is 372 g/mol. The van der Waals surface area contributed by atoms with Gasteiger partial charge in [0.05, 0.1) is 5.69 Å². The topological polar surface area (TPSA) is 58.2 Å². The molecule has 21 heavy (non-hydrogen) atoms. The van der Waals surface area contributed by atoms with Gasteiger partial charge in [-0.3, -0.25) is 0 Å². The fourth-order valence-corrected chi connectivity index (χ4v) is 4.84. The van der Waals surface area contributed by atoms with E-state index in [1.54, 1.807) is 29.5 Å². The smallest absolute Gasteiger partial charge is 0.242 e. The molecule has 1 saturated carbocycles. The maximum atomic E-state index is 12.4. The molecule has 2 aromatic rings. The zero-order valence-electron chi connectivity index (χ0n) is 11.2. The van der Waals surface area contributed by atoms with Gasteiger partial charge in [0.25, 0.3) is 0 Å². The lowest BCUT2D eigenvalue weighted by molar-refractivity contribution is 0.581. The number of thiophene rings is 1. The van der Waals surface area contributed by atoms with Crippen LogP contribution in [0.25, 0.3) is 0 Å². The van der Waals surface area contributed by atoms with E-state index in [0.717, 1.165) is 22.2 Å². The molecule has 1 aromatic carbocycles. The summed E-state index contributed by atoms with van der Waals surface area (Å²) in [6.45, 7) is 0.603. The Morgan fingerprint density at radius 2 is 2.05 bits per heavy atom. The van der Waals surface area contributed by atoms with Crippen molar-refractivity contribution in [3.8, 4) is 0 Å². The first-order valence-corrected chi connectivity index (χ1v) is 9.78. The van der Waals surface area contributed by atoms with Crippen LogP contribution >= 0.6 is 27.3 Å². The molecule has 0 aliphatic heterocycles. The fraction of sp³-hybridized carbons (Fsp3) is 0.286. The van der Waals surface area contributed by atoms with Crippen LogP contribution in [-0.2, 0) is 16.6 Å². The number of hydrogen-bond donors (Lipinski definition) is 2. The number of benzene rings is 1. The molecule has 0 amide bonds. The lowest BCUT2D eigenvalue weighted by Crippen LogP contribution is -2.26. The van der Waals surface area contributed by atoms with Gasteiger partial charge < -0.3 is 5.32 Å². The Labute approximate surface area is 136 Å². The number of halogens is 1. The van der Waals surface area contributed by atoms with Gasteiger partial charge in [-0.2, -0.15) is 0 Å². The summed E-state index contributed by atoms with van der Waals surface area (Å²) >= 11 is 5.04. The number of nitrogens with one attached hydrogen (secondary N) is 2. The van der Waals surface area contributed by atoms with Crippen molar-refractivity contribution in [3.63, 3.8) is 0 Å². The van der Waals surface area contributed by atoms with Crippen LogP contribution < -0.4 is 10.0 Å². The molecule has 0 atom stereocenters. The van der Waals surface area contributed by atoms with Crippen molar-refractivity contribution >= 4 is 43.0 Å². The van der Waals surface area contributed by atoms with Gasteiger partial charge >= 0.3 is 0 Å². The Balaban J connectivity index is 1.78. The summed E-state index contributed by atoms with van der Waals surface area (Å²) < 4.78 is 28.5. The molecule has 7 heteroatoms. The van der Waals surface area contributed by atoms with Gasteiger partial charge in [-0.1, -0.05) is 12.1 Å². The first-order valence-electron chi connectivity index (χ1n) is 6.63. The van der Waals surface area contributed by atoms with Gasteiger partial charge in [-0.15, -0.1) is 11.3 Å². The van der Waals surface area contributed by atoms with Crippen molar-refractivity contribution < 1.29 is 8.42 Å². The van der Waals surface area contributed by atoms with E-state index < -0.39 is 10.0 Å². The molecule has 4 nitrogen and oxygen atoms in total. The van der Waals surface area contributed by atoms with Crippen molar-refractivity contribution in [1.82, 2.24) is 4.72 Å². The predicted molar refractivity (Wildman–Crippen MR) is 89.1 cm³/mol. The highest BCUT2D eigenvalue weighted by Gasteiger charge is 2.29. The highest BCUT2D eigenvalue weighted by molar-refractivity contribution is 9.10. The molecule has 1 heterocycles. The van der Waals surface area contributed by atoms with Crippen molar-refractivity contribution in [2.45, 2.75) is 30.3 Å². The van der Waals surface area contributed by atoms with Crippen LogP contribution in [0.5, 0.6) is 0 Å². The molecule has 0 spiro atoms. The molecule has 0 bridgehead atoms. The second kappa shape index (κ2) is 6.08. The first kappa shape index (κ1) is 15.0. The summed E-state index contributed by atoms with van der Waals surface area (Å²) in [6.07, 6.45) is 1.86. The second-order valence-corrected chi connectivity index (χ2v) is 8.57. The first-order chi connectivity index (χ1) is 10.0. The Hall–Kier alpha value is -0.890. The fourth-order valence-electron chi connectivity index (χ4n) is 1.96. The molecular formula is C14H15BrN2O2S2. The lowest BCUT2D eigenvalue weighted by atomic mass is 10.3. The van der Waals surface area contributed by atoms with Crippen LogP contribution in [0.15, 0.2) is 45.1 Å². The average Bonchev–Trinajstić information content (AvgIpc) is 3.15. The highest BCUT2D eigenvalue weighted by atomic mass is 79.9. The van der Waals surface area contributed by atoms with Gasteiger partial charge in [0, 0.05) is 27.3 Å². The van der Waals surface area contributed by atoms with E-state index in [1.165, 1.54) is 0 Å². The monoisotopic (exact) mass is 386 g/mol. The third-order valence-electron chi connectivity index (χ3n) is 3.15. The minimum absolute atomic E-state index is 0.108. The molecule has 0 saturated heterocycles. The molecule has 1 aliphatic rings. The Kier molecular flexibility index (Phi) is 4.35. The third kappa shape index (κ3) is 3.85. The van der Waals surface area contributed by atoms with Crippen LogP contribution in [0.2, 0.25) is 0 Å². The summed E-state index contributed by atoms with van der Waals surface area (Å²) in [4.78, 5) is 1.46. The zero-order chi connectivity index (χ0) is 14.9. The lowest BCUT2D eigenvalue weighted by Gasteiger charge is -2.12. The second-order valence-electron chi connectivity index (χ2n) is 4.98. The minimum atomic E-state index is -3.45. The summed E-state index contributed by atoms with van der Waals surface area (Å²) in [5.74, 6) is 0. The largest absolute Gasteiger partial charge is 0.379 e. The average molecular weight is 387 g/mol. The predicted octanol–water partition coefficient (Wildman–Crippen LogP) is 3.56. The molecule has 1 aliphatic carbocycles. The quantitative estimate of drug-likeness (QED) is 0.797. The van der Waals surface area contributed by atoms with Gasteiger partial charge in [0.15, 0.2) is 0 Å². The normalized spacial score (nSPS) is 15.1. The maximum Gasteiger partial charge on any atom is 0.242 e. The summed E-state index contributed by atoms with van der Waals surface area (Å²) in [7, 11) is -3.45. The summed E-state index contributed by atoms with van der Waals surface area (Å²) in [6, 6.07) is 9.15. The molecule has 2 N–H and O–H groups in total.